The molecule has 1 aliphatic carbocycles. The first-order chi connectivity index (χ1) is 10.6. The van der Waals surface area contributed by atoms with Crippen LogP contribution in [0.1, 0.15) is 19.3 Å². The van der Waals surface area contributed by atoms with Crippen LogP contribution in [0.15, 0.2) is 24.3 Å². The maximum Gasteiger partial charge on any atom is 0.243 e. The van der Waals surface area contributed by atoms with Gasteiger partial charge >= 0.3 is 0 Å². The van der Waals surface area contributed by atoms with Gasteiger partial charge in [-0.2, -0.15) is 0 Å². The van der Waals surface area contributed by atoms with Crippen LogP contribution in [0.4, 0.5) is 10.1 Å². The second-order valence-electron chi connectivity index (χ2n) is 6.14. The van der Waals surface area contributed by atoms with Gasteiger partial charge in [0.15, 0.2) is 0 Å². The first-order valence-corrected chi connectivity index (χ1v) is 7.63. The van der Waals surface area contributed by atoms with Crippen molar-refractivity contribution < 1.29 is 14.0 Å². The minimum absolute atomic E-state index is 0. The highest BCUT2D eigenvalue weighted by Gasteiger charge is 2.57. The summed E-state index contributed by atoms with van der Waals surface area (Å²) in [4.78, 5) is 23.9. The van der Waals surface area contributed by atoms with Gasteiger partial charge in [0.1, 0.15) is 5.82 Å². The summed E-state index contributed by atoms with van der Waals surface area (Å²) in [6.45, 7) is 1.88. The quantitative estimate of drug-likeness (QED) is 0.780. The molecule has 1 heterocycles. The number of hydrogen-bond acceptors (Lipinski definition) is 3. The lowest BCUT2D eigenvalue weighted by Gasteiger charge is -2.23. The molecule has 3 rings (SSSR count). The first kappa shape index (κ1) is 17.7. The van der Waals surface area contributed by atoms with Crippen molar-refractivity contribution in [1.29, 1.82) is 0 Å². The van der Waals surface area contributed by atoms with Crippen molar-refractivity contribution in [1.82, 2.24) is 10.6 Å². The summed E-state index contributed by atoms with van der Waals surface area (Å²) in [5.74, 6) is -0.642. The van der Waals surface area contributed by atoms with Gasteiger partial charge in [-0.1, -0.05) is 0 Å². The molecule has 1 spiro atoms. The van der Waals surface area contributed by atoms with Crippen molar-refractivity contribution in [3.8, 4) is 0 Å². The second kappa shape index (κ2) is 7.27. The zero-order valence-corrected chi connectivity index (χ0v) is 13.5. The average molecular weight is 342 g/mol. The number of carbonyl (C=O) groups excluding carboxylic acids is 2. The lowest BCUT2D eigenvalue weighted by Crippen LogP contribution is -2.37. The molecule has 2 fully saturated rings. The number of hydrogen-bond donors (Lipinski definition) is 3. The highest BCUT2D eigenvalue weighted by atomic mass is 35.5. The minimum atomic E-state index is -0.354. The Morgan fingerprint density at radius 3 is 2.52 bits per heavy atom. The third-order valence-corrected chi connectivity index (χ3v) is 4.66. The lowest BCUT2D eigenvalue weighted by atomic mass is 9.92. The zero-order chi connectivity index (χ0) is 15.6. The molecule has 1 saturated heterocycles. The Kier molecular flexibility index (Phi) is 5.59. The van der Waals surface area contributed by atoms with Crippen LogP contribution >= 0.6 is 12.4 Å². The van der Waals surface area contributed by atoms with Crippen molar-refractivity contribution in [2.45, 2.75) is 19.3 Å². The maximum absolute atomic E-state index is 12.8. The molecule has 2 amide bonds. The van der Waals surface area contributed by atoms with Gasteiger partial charge in [0.25, 0.3) is 0 Å². The summed E-state index contributed by atoms with van der Waals surface area (Å²) in [6.07, 6.45) is 3.00. The molecule has 3 N–H and O–H groups in total. The van der Waals surface area contributed by atoms with Gasteiger partial charge < -0.3 is 16.0 Å². The summed E-state index contributed by atoms with van der Waals surface area (Å²) >= 11 is 0. The van der Waals surface area contributed by atoms with Crippen molar-refractivity contribution >= 4 is 29.9 Å². The van der Waals surface area contributed by atoms with E-state index in [1.165, 1.54) is 24.3 Å². The molecule has 1 saturated carbocycles. The number of carbonyl (C=O) groups is 2. The van der Waals surface area contributed by atoms with Crippen LogP contribution in [0.5, 0.6) is 0 Å². The predicted octanol–water partition coefficient (Wildman–Crippen LogP) is 1.69. The van der Waals surface area contributed by atoms with E-state index in [-0.39, 0.29) is 47.9 Å². The average Bonchev–Trinajstić information content (AvgIpc) is 3.21. The first-order valence-electron chi connectivity index (χ1n) is 7.63. The zero-order valence-electron chi connectivity index (χ0n) is 12.7. The van der Waals surface area contributed by atoms with Gasteiger partial charge in [-0.3, -0.25) is 9.59 Å². The Morgan fingerprint density at radius 1 is 1.22 bits per heavy atom. The van der Waals surface area contributed by atoms with Crippen molar-refractivity contribution in [3.63, 3.8) is 0 Å². The molecule has 0 radical (unpaired) electrons. The Balaban J connectivity index is 0.00000192. The summed E-state index contributed by atoms with van der Waals surface area (Å²) < 4.78 is 12.8. The number of benzene rings is 1. The molecule has 2 aliphatic rings. The Bertz CT molecular complexity index is 573. The van der Waals surface area contributed by atoms with E-state index in [1.54, 1.807) is 0 Å². The van der Waals surface area contributed by atoms with Crippen molar-refractivity contribution in [2.75, 3.05) is 25.0 Å². The molecule has 7 heteroatoms. The Morgan fingerprint density at radius 2 is 1.87 bits per heavy atom. The number of anilines is 1. The third kappa shape index (κ3) is 4.20. The van der Waals surface area contributed by atoms with Gasteiger partial charge in [0.05, 0.1) is 6.54 Å². The SMILES string of the molecule is Cl.O=C(CNC(=O)C1CC12CCNCC2)Nc1ccc(F)cc1. The summed E-state index contributed by atoms with van der Waals surface area (Å²) in [5, 5.41) is 8.63. The van der Waals surface area contributed by atoms with Crippen molar-refractivity contribution in [2.24, 2.45) is 11.3 Å². The van der Waals surface area contributed by atoms with E-state index in [0.717, 1.165) is 32.4 Å². The Labute approximate surface area is 140 Å². The van der Waals surface area contributed by atoms with Crippen LogP contribution in [0, 0.1) is 17.2 Å². The predicted molar refractivity (Wildman–Crippen MR) is 87.9 cm³/mol. The topological polar surface area (TPSA) is 70.2 Å². The normalized spacial score (nSPS) is 21.2. The molecule has 5 nitrogen and oxygen atoms in total. The molecule has 1 aliphatic heterocycles. The number of nitrogens with one attached hydrogen (secondary N) is 3. The number of halogens is 2. The highest BCUT2D eigenvalue weighted by Crippen LogP contribution is 2.58. The fourth-order valence-electron chi connectivity index (χ4n) is 3.22. The standard InChI is InChI=1S/C16H20FN3O2.ClH/c17-11-1-3-12(4-2-11)20-14(21)10-19-15(22)13-9-16(13)5-7-18-8-6-16;/h1-4,13,18H,5-10H2,(H,19,22)(H,20,21);1H. The van der Waals surface area contributed by atoms with Crippen LogP contribution in [0.2, 0.25) is 0 Å². The molecule has 0 aromatic heterocycles. The summed E-state index contributed by atoms with van der Waals surface area (Å²) in [6, 6.07) is 5.53. The molecule has 126 valence electrons. The van der Waals surface area contributed by atoms with E-state index in [4.69, 9.17) is 0 Å². The molecule has 0 bridgehead atoms. The van der Waals surface area contributed by atoms with Gasteiger partial charge in [-0.15, -0.1) is 12.4 Å². The van der Waals surface area contributed by atoms with Crippen LogP contribution in [-0.4, -0.2) is 31.4 Å². The molecule has 1 aromatic carbocycles. The lowest BCUT2D eigenvalue weighted by molar-refractivity contribution is -0.125. The molecular formula is C16H21ClFN3O2. The smallest absolute Gasteiger partial charge is 0.243 e. The van der Waals surface area contributed by atoms with Crippen LogP contribution < -0.4 is 16.0 Å². The van der Waals surface area contributed by atoms with E-state index < -0.39 is 0 Å². The highest BCUT2D eigenvalue weighted by molar-refractivity contribution is 5.95. The van der Waals surface area contributed by atoms with Crippen LogP contribution in [0.25, 0.3) is 0 Å². The van der Waals surface area contributed by atoms with Gasteiger partial charge in [0.2, 0.25) is 11.8 Å². The largest absolute Gasteiger partial charge is 0.347 e. The number of piperidine rings is 1. The van der Waals surface area contributed by atoms with Gasteiger partial charge in [-0.05, 0) is 62.0 Å². The Hall–Kier alpha value is -1.66. The molecule has 23 heavy (non-hydrogen) atoms. The van der Waals surface area contributed by atoms with Crippen LogP contribution in [0.3, 0.4) is 0 Å². The molecule has 1 aromatic rings. The van der Waals surface area contributed by atoms with E-state index >= 15 is 0 Å². The van der Waals surface area contributed by atoms with E-state index in [1.807, 2.05) is 0 Å². The van der Waals surface area contributed by atoms with Gasteiger partial charge in [-0.25, -0.2) is 4.39 Å². The number of amides is 2. The molecular weight excluding hydrogens is 321 g/mol. The van der Waals surface area contributed by atoms with Crippen LogP contribution in [-0.2, 0) is 9.59 Å². The summed E-state index contributed by atoms with van der Waals surface area (Å²) in [7, 11) is 0. The van der Waals surface area contributed by atoms with E-state index in [9.17, 15) is 14.0 Å². The minimum Gasteiger partial charge on any atom is -0.347 e. The number of rotatable bonds is 4. The second-order valence-corrected chi connectivity index (χ2v) is 6.14. The monoisotopic (exact) mass is 341 g/mol. The van der Waals surface area contributed by atoms with E-state index in [0.29, 0.717) is 5.69 Å². The summed E-state index contributed by atoms with van der Waals surface area (Å²) in [5.41, 5.74) is 0.685. The fraction of sp³-hybridized carbons (Fsp3) is 0.500. The van der Waals surface area contributed by atoms with E-state index in [2.05, 4.69) is 16.0 Å². The fourth-order valence-corrected chi connectivity index (χ4v) is 3.22. The third-order valence-electron chi connectivity index (χ3n) is 4.66. The maximum atomic E-state index is 12.8. The molecule has 1 unspecified atom stereocenters. The van der Waals surface area contributed by atoms with Gasteiger partial charge in [0, 0.05) is 11.6 Å². The van der Waals surface area contributed by atoms with Crippen molar-refractivity contribution in [3.05, 3.63) is 30.1 Å². The molecule has 1 atom stereocenters.